The Balaban J connectivity index is 1.56. The Hall–Kier alpha value is -0.570. The second-order valence-corrected chi connectivity index (χ2v) is 7.63. The van der Waals surface area contributed by atoms with Crippen LogP contribution in [0, 0.1) is 11.8 Å². The van der Waals surface area contributed by atoms with E-state index in [9.17, 15) is 4.79 Å². The lowest BCUT2D eigenvalue weighted by molar-refractivity contribution is -0.133. The first-order valence-electron chi connectivity index (χ1n) is 9.28. The number of amides is 1. The number of carbonyl (C=O) groups is 1. The van der Waals surface area contributed by atoms with Gasteiger partial charge in [0.05, 0.1) is 0 Å². The largest absolute Gasteiger partial charge is 0.341 e. The molecule has 1 saturated heterocycles. The molecule has 3 aliphatic rings. The molecule has 0 aromatic carbocycles. The lowest BCUT2D eigenvalue weighted by Crippen LogP contribution is -2.53. The van der Waals surface area contributed by atoms with Crippen LogP contribution < -0.4 is 5.32 Å². The minimum atomic E-state index is 0.353. The van der Waals surface area contributed by atoms with E-state index in [0.717, 1.165) is 24.9 Å². The molecule has 3 rings (SSSR count). The van der Waals surface area contributed by atoms with Crippen LogP contribution in [0.15, 0.2) is 0 Å². The van der Waals surface area contributed by atoms with E-state index in [-0.39, 0.29) is 0 Å². The van der Waals surface area contributed by atoms with Crippen molar-refractivity contribution in [1.82, 2.24) is 10.2 Å². The summed E-state index contributed by atoms with van der Waals surface area (Å²) in [7, 11) is 0. The number of nitrogens with zero attached hydrogens (tertiary/aromatic N) is 1. The van der Waals surface area contributed by atoms with Gasteiger partial charge in [-0.3, -0.25) is 4.79 Å². The average Bonchev–Trinajstić information content (AvgIpc) is 3.31. The maximum Gasteiger partial charge on any atom is 0.222 e. The van der Waals surface area contributed by atoms with Crippen LogP contribution >= 0.6 is 0 Å². The van der Waals surface area contributed by atoms with Crippen molar-refractivity contribution in [2.75, 3.05) is 13.1 Å². The SMILES string of the molecule is CCC(=O)N1CC(CC2CC2)CC(NC2CCCCC2)C1. The van der Waals surface area contributed by atoms with Crippen molar-refractivity contribution in [3.63, 3.8) is 0 Å². The van der Waals surface area contributed by atoms with E-state index in [1.165, 1.54) is 57.8 Å². The zero-order chi connectivity index (χ0) is 14.7. The van der Waals surface area contributed by atoms with Gasteiger partial charge in [0.25, 0.3) is 0 Å². The molecule has 3 heteroatoms. The van der Waals surface area contributed by atoms with E-state index in [0.29, 0.717) is 24.4 Å². The van der Waals surface area contributed by atoms with Gasteiger partial charge < -0.3 is 10.2 Å². The fourth-order valence-electron chi connectivity index (χ4n) is 4.35. The predicted molar refractivity (Wildman–Crippen MR) is 86.1 cm³/mol. The van der Waals surface area contributed by atoms with E-state index in [1.807, 2.05) is 6.92 Å². The van der Waals surface area contributed by atoms with Crippen molar-refractivity contribution < 1.29 is 4.79 Å². The molecule has 3 fully saturated rings. The maximum absolute atomic E-state index is 12.1. The zero-order valence-corrected chi connectivity index (χ0v) is 13.7. The summed E-state index contributed by atoms with van der Waals surface area (Å²) in [6.07, 6.45) is 13.0. The summed E-state index contributed by atoms with van der Waals surface area (Å²) >= 11 is 0. The number of rotatable bonds is 5. The van der Waals surface area contributed by atoms with Gasteiger partial charge in [-0.15, -0.1) is 0 Å². The molecule has 2 atom stereocenters. The first-order valence-corrected chi connectivity index (χ1v) is 9.28. The van der Waals surface area contributed by atoms with Gasteiger partial charge in [-0.1, -0.05) is 39.0 Å². The predicted octanol–water partition coefficient (Wildman–Crippen LogP) is 3.34. The smallest absolute Gasteiger partial charge is 0.222 e. The van der Waals surface area contributed by atoms with Gasteiger partial charge in [-0.05, 0) is 37.5 Å². The molecule has 3 nitrogen and oxygen atoms in total. The van der Waals surface area contributed by atoms with E-state index in [1.54, 1.807) is 0 Å². The molecule has 0 aromatic heterocycles. The van der Waals surface area contributed by atoms with Gasteiger partial charge in [0.1, 0.15) is 0 Å². The van der Waals surface area contributed by atoms with Gasteiger partial charge >= 0.3 is 0 Å². The summed E-state index contributed by atoms with van der Waals surface area (Å²) in [6, 6.07) is 1.25. The van der Waals surface area contributed by atoms with Crippen molar-refractivity contribution in [2.24, 2.45) is 11.8 Å². The number of piperidine rings is 1. The third kappa shape index (κ3) is 4.45. The third-order valence-electron chi connectivity index (χ3n) is 5.63. The molecular weight excluding hydrogens is 260 g/mol. The molecule has 2 unspecified atom stereocenters. The normalized spacial score (nSPS) is 31.4. The van der Waals surface area contributed by atoms with E-state index >= 15 is 0 Å². The van der Waals surface area contributed by atoms with Crippen LogP contribution in [0.5, 0.6) is 0 Å². The van der Waals surface area contributed by atoms with Crippen LogP contribution in [-0.2, 0) is 4.79 Å². The second-order valence-electron chi connectivity index (χ2n) is 7.63. The minimum Gasteiger partial charge on any atom is -0.341 e. The quantitative estimate of drug-likeness (QED) is 0.843. The van der Waals surface area contributed by atoms with Crippen molar-refractivity contribution in [3.8, 4) is 0 Å². The maximum atomic E-state index is 12.1. The van der Waals surface area contributed by atoms with Crippen LogP contribution in [0.1, 0.15) is 71.1 Å². The molecule has 0 radical (unpaired) electrons. The first-order chi connectivity index (χ1) is 10.2. The summed E-state index contributed by atoms with van der Waals surface area (Å²) in [6.45, 7) is 3.97. The fourth-order valence-corrected chi connectivity index (χ4v) is 4.35. The van der Waals surface area contributed by atoms with Crippen molar-refractivity contribution in [2.45, 2.75) is 83.2 Å². The van der Waals surface area contributed by atoms with Crippen molar-refractivity contribution in [1.29, 1.82) is 0 Å². The molecule has 21 heavy (non-hydrogen) atoms. The summed E-state index contributed by atoms with van der Waals surface area (Å²) in [4.78, 5) is 14.3. The molecule has 1 amide bonds. The average molecular weight is 292 g/mol. The third-order valence-corrected chi connectivity index (χ3v) is 5.63. The van der Waals surface area contributed by atoms with Crippen LogP contribution in [-0.4, -0.2) is 36.0 Å². The highest BCUT2D eigenvalue weighted by molar-refractivity contribution is 5.76. The highest BCUT2D eigenvalue weighted by atomic mass is 16.2. The van der Waals surface area contributed by atoms with Gasteiger partial charge in [0.2, 0.25) is 5.91 Å². The molecule has 0 aromatic rings. The molecule has 1 aliphatic heterocycles. The molecule has 120 valence electrons. The Labute approximate surface area is 129 Å². The zero-order valence-electron chi connectivity index (χ0n) is 13.7. The Morgan fingerprint density at radius 2 is 1.76 bits per heavy atom. The van der Waals surface area contributed by atoms with Crippen molar-refractivity contribution in [3.05, 3.63) is 0 Å². The van der Waals surface area contributed by atoms with Gasteiger partial charge in [0, 0.05) is 31.6 Å². The number of hydrogen-bond donors (Lipinski definition) is 1. The highest BCUT2D eigenvalue weighted by Gasteiger charge is 2.34. The lowest BCUT2D eigenvalue weighted by Gasteiger charge is -2.40. The molecule has 2 saturated carbocycles. The van der Waals surface area contributed by atoms with E-state index in [2.05, 4.69) is 10.2 Å². The number of carbonyl (C=O) groups excluding carboxylic acids is 1. The van der Waals surface area contributed by atoms with Crippen LogP contribution in [0.4, 0.5) is 0 Å². The highest BCUT2D eigenvalue weighted by Crippen LogP contribution is 2.38. The van der Waals surface area contributed by atoms with Crippen LogP contribution in [0.3, 0.4) is 0 Å². The van der Waals surface area contributed by atoms with Gasteiger partial charge in [-0.25, -0.2) is 0 Å². The molecule has 1 heterocycles. The Bertz CT molecular complexity index is 347. The molecule has 1 N–H and O–H groups in total. The minimum absolute atomic E-state index is 0.353. The lowest BCUT2D eigenvalue weighted by atomic mass is 9.88. The summed E-state index contributed by atoms with van der Waals surface area (Å²) in [5.41, 5.74) is 0. The second kappa shape index (κ2) is 7.13. The Morgan fingerprint density at radius 1 is 1.00 bits per heavy atom. The Kier molecular flexibility index (Phi) is 5.20. The molecule has 0 bridgehead atoms. The standard InChI is InChI=1S/C18H32N2O/c1-2-18(21)20-12-15(10-14-8-9-14)11-17(13-20)19-16-6-4-3-5-7-16/h14-17,19H,2-13H2,1H3. The number of hydrogen-bond acceptors (Lipinski definition) is 2. The van der Waals surface area contributed by atoms with Crippen LogP contribution in [0.2, 0.25) is 0 Å². The Morgan fingerprint density at radius 3 is 2.43 bits per heavy atom. The monoisotopic (exact) mass is 292 g/mol. The van der Waals surface area contributed by atoms with Crippen molar-refractivity contribution >= 4 is 5.91 Å². The van der Waals surface area contributed by atoms with E-state index in [4.69, 9.17) is 0 Å². The van der Waals surface area contributed by atoms with E-state index < -0.39 is 0 Å². The van der Waals surface area contributed by atoms with Crippen LogP contribution in [0.25, 0.3) is 0 Å². The summed E-state index contributed by atoms with van der Waals surface area (Å²) in [5.74, 6) is 2.07. The molecule has 2 aliphatic carbocycles. The summed E-state index contributed by atoms with van der Waals surface area (Å²) < 4.78 is 0. The molecule has 0 spiro atoms. The number of likely N-dealkylation sites (tertiary alicyclic amines) is 1. The fraction of sp³-hybridized carbons (Fsp3) is 0.944. The molecular formula is C18H32N2O. The first kappa shape index (κ1) is 15.3. The van der Waals surface area contributed by atoms with Gasteiger partial charge in [0.15, 0.2) is 0 Å². The number of nitrogens with one attached hydrogen (secondary N) is 1. The topological polar surface area (TPSA) is 32.3 Å². The summed E-state index contributed by atoms with van der Waals surface area (Å²) in [5, 5.41) is 3.90. The van der Waals surface area contributed by atoms with Gasteiger partial charge in [-0.2, -0.15) is 0 Å².